The first kappa shape index (κ1) is 13.9. The molecule has 0 aromatic heterocycles. The van der Waals surface area contributed by atoms with Crippen LogP contribution in [0.5, 0.6) is 0 Å². The summed E-state index contributed by atoms with van der Waals surface area (Å²) in [5, 5.41) is 12.3. The van der Waals surface area contributed by atoms with Gasteiger partial charge >= 0.3 is 0 Å². The molecule has 1 fully saturated rings. The van der Waals surface area contributed by atoms with Crippen LogP contribution in [0.15, 0.2) is 0 Å². The second kappa shape index (κ2) is 6.51. The highest BCUT2D eigenvalue weighted by Gasteiger charge is 2.52. The van der Waals surface area contributed by atoms with Crippen LogP contribution in [0.4, 0.5) is 0 Å². The van der Waals surface area contributed by atoms with Gasteiger partial charge in [-0.2, -0.15) is 0 Å². The molecule has 3 atom stereocenters. The lowest BCUT2D eigenvalue weighted by molar-refractivity contribution is 0.0308. The van der Waals surface area contributed by atoms with Crippen molar-refractivity contribution < 1.29 is 19.3 Å². The molecule has 0 saturated carbocycles. The number of aliphatic hydroxyl groups excluding tert-OH is 1. The van der Waals surface area contributed by atoms with Crippen molar-refractivity contribution in [3.8, 4) is 0 Å². The fourth-order valence-electron chi connectivity index (χ4n) is 1.54. The lowest BCUT2D eigenvalue weighted by Crippen LogP contribution is -2.28. The van der Waals surface area contributed by atoms with Crippen molar-refractivity contribution in [2.45, 2.75) is 38.3 Å². The number of nitrogens with one attached hydrogen (secondary N) is 1. The van der Waals surface area contributed by atoms with E-state index >= 15 is 0 Å². The normalized spacial score (nSPS) is 30.4. The molecule has 96 valence electrons. The van der Waals surface area contributed by atoms with E-state index in [1.165, 1.54) is 0 Å². The molecule has 1 rings (SSSR count). The molecular formula is C11H23NO4. The van der Waals surface area contributed by atoms with E-state index in [9.17, 15) is 5.11 Å². The summed E-state index contributed by atoms with van der Waals surface area (Å²) in [7, 11) is 1.80. The Hall–Kier alpha value is -0.200. The largest absolute Gasteiger partial charge is 0.389 e. The van der Waals surface area contributed by atoms with Crippen molar-refractivity contribution >= 4 is 0 Å². The van der Waals surface area contributed by atoms with E-state index in [0.717, 1.165) is 6.42 Å². The molecule has 0 aliphatic carbocycles. The van der Waals surface area contributed by atoms with Gasteiger partial charge in [0.25, 0.3) is 0 Å². The van der Waals surface area contributed by atoms with Crippen LogP contribution in [0.25, 0.3) is 0 Å². The summed E-state index contributed by atoms with van der Waals surface area (Å²) in [5.41, 5.74) is -0.191. The van der Waals surface area contributed by atoms with E-state index in [-0.39, 0.29) is 11.9 Å². The van der Waals surface area contributed by atoms with Crippen LogP contribution in [0.3, 0.4) is 0 Å². The summed E-state index contributed by atoms with van der Waals surface area (Å²) in [6, 6.07) is 0. The molecule has 2 N–H and O–H groups in total. The molecular weight excluding hydrogens is 210 g/mol. The third-order valence-electron chi connectivity index (χ3n) is 2.63. The molecule has 1 aliphatic heterocycles. The lowest BCUT2D eigenvalue weighted by atomic mass is 10.1. The minimum atomic E-state index is -0.444. The maximum atomic E-state index is 9.39. The van der Waals surface area contributed by atoms with Gasteiger partial charge in [-0.15, -0.1) is 0 Å². The van der Waals surface area contributed by atoms with Gasteiger partial charge in [-0.3, -0.25) is 0 Å². The van der Waals surface area contributed by atoms with E-state index in [0.29, 0.717) is 26.4 Å². The lowest BCUT2D eigenvalue weighted by Gasteiger charge is -2.11. The molecule has 16 heavy (non-hydrogen) atoms. The summed E-state index contributed by atoms with van der Waals surface area (Å²) < 4.78 is 16.1. The molecule has 1 aliphatic rings. The van der Waals surface area contributed by atoms with E-state index in [4.69, 9.17) is 14.2 Å². The second-order valence-electron chi connectivity index (χ2n) is 4.25. The maximum absolute atomic E-state index is 9.39. The van der Waals surface area contributed by atoms with Gasteiger partial charge in [0.15, 0.2) is 6.29 Å². The summed E-state index contributed by atoms with van der Waals surface area (Å²) in [5.74, 6) is 0. The molecule has 0 amide bonds. The van der Waals surface area contributed by atoms with Gasteiger partial charge in [0.1, 0.15) is 5.60 Å². The highest BCUT2D eigenvalue weighted by Crippen LogP contribution is 2.39. The summed E-state index contributed by atoms with van der Waals surface area (Å²) in [6.45, 7) is 6.13. The Morgan fingerprint density at radius 1 is 1.56 bits per heavy atom. The van der Waals surface area contributed by atoms with Crippen molar-refractivity contribution in [3.05, 3.63) is 0 Å². The second-order valence-corrected chi connectivity index (χ2v) is 4.25. The molecule has 5 heteroatoms. The van der Waals surface area contributed by atoms with Crippen LogP contribution in [-0.2, 0) is 14.2 Å². The fraction of sp³-hybridized carbons (Fsp3) is 1.00. The van der Waals surface area contributed by atoms with Crippen molar-refractivity contribution in [1.29, 1.82) is 0 Å². The predicted octanol–water partition coefficient (Wildman–Crippen LogP) is 0.125. The zero-order valence-electron chi connectivity index (χ0n) is 10.4. The van der Waals surface area contributed by atoms with Crippen molar-refractivity contribution in [2.75, 3.05) is 33.4 Å². The van der Waals surface area contributed by atoms with Crippen molar-refractivity contribution in [3.63, 3.8) is 0 Å². The first-order chi connectivity index (χ1) is 7.62. The first-order valence-electron chi connectivity index (χ1n) is 5.82. The monoisotopic (exact) mass is 233 g/mol. The molecule has 0 radical (unpaired) electrons. The van der Waals surface area contributed by atoms with Crippen molar-refractivity contribution in [1.82, 2.24) is 5.32 Å². The molecule has 0 spiro atoms. The Morgan fingerprint density at radius 3 is 2.94 bits per heavy atom. The Labute approximate surface area is 97.1 Å². The maximum Gasteiger partial charge on any atom is 0.187 e. The topological polar surface area (TPSA) is 63.2 Å². The number of rotatable bonds is 9. The number of hydrogen-bond acceptors (Lipinski definition) is 5. The summed E-state index contributed by atoms with van der Waals surface area (Å²) >= 11 is 0. The molecule has 1 saturated heterocycles. The van der Waals surface area contributed by atoms with Gasteiger partial charge in [-0.05, 0) is 20.9 Å². The average molecular weight is 233 g/mol. The highest BCUT2D eigenvalue weighted by molar-refractivity contribution is 4.92. The first-order valence-corrected chi connectivity index (χ1v) is 5.82. The smallest absolute Gasteiger partial charge is 0.187 e. The molecule has 0 aromatic rings. The number of hydrogen-bond donors (Lipinski definition) is 2. The quantitative estimate of drug-likeness (QED) is 0.437. The molecule has 0 bridgehead atoms. The van der Waals surface area contributed by atoms with Crippen LogP contribution in [-0.4, -0.2) is 56.5 Å². The van der Waals surface area contributed by atoms with Gasteiger partial charge in [-0.25, -0.2) is 0 Å². The summed E-state index contributed by atoms with van der Waals surface area (Å²) in [6.07, 6.45) is 0.271. The summed E-state index contributed by atoms with van der Waals surface area (Å²) in [4.78, 5) is 0. The Morgan fingerprint density at radius 2 is 2.31 bits per heavy atom. The molecule has 3 unspecified atom stereocenters. The third-order valence-corrected chi connectivity index (χ3v) is 2.63. The van der Waals surface area contributed by atoms with Gasteiger partial charge in [-0.1, -0.05) is 0 Å². The van der Waals surface area contributed by atoms with E-state index in [2.05, 4.69) is 5.32 Å². The average Bonchev–Trinajstić information content (AvgIpc) is 2.86. The predicted molar refractivity (Wildman–Crippen MR) is 60.3 cm³/mol. The van der Waals surface area contributed by atoms with Gasteiger partial charge in [0.2, 0.25) is 0 Å². The minimum Gasteiger partial charge on any atom is -0.389 e. The van der Waals surface area contributed by atoms with E-state index in [1.54, 1.807) is 7.05 Å². The van der Waals surface area contributed by atoms with Gasteiger partial charge in [0.05, 0.1) is 12.7 Å². The van der Waals surface area contributed by atoms with Crippen LogP contribution >= 0.6 is 0 Å². The van der Waals surface area contributed by atoms with Crippen molar-refractivity contribution in [2.24, 2.45) is 0 Å². The van der Waals surface area contributed by atoms with E-state index in [1.807, 2.05) is 13.8 Å². The zero-order valence-corrected chi connectivity index (χ0v) is 10.4. The number of epoxide rings is 1. The van der Waals surface area contributed by atoms with E-state index < -0.39 is 6.10 Å². The third kappa shape index (κ3) is 4.35. The van der Waals surface area contributed by atoms with Crippen LogP contribution in [0.1, 0.15) is 20.3 Å². The van der Waals surface area contributed by atoms with Crippen LogP contribution < -0.4 is 5.32 Å². The Balaban J connectivity index is 2.00. The number of aliphatic hydroxyl groups is 1. The molecule has 0 aromatic carbocycles. The minimum absolute atomic E-state index is 0.0802. The SMILES string of the molecule is CCOC1OC1(C)CCOCC(O)CNC. The molecule has 5 nitrogen and oxygen atoms in total. The Kier molecular flexibility index (Phi) is 5.64. The van der Waals surface area contributed by atoms with Gasteiger partial charge < -0.3 is 24.6 Å². The number of ether oxygens (including phenoxy) is 3. The number of likely N-dealkylation sites (N-methyl/N-ethyl adjacent to an activating group) is 1. The Bertz CT molecular complexity index is 202. The van der Waals surface area contributed by atoms with Crippen LogP contribution in [0, 0.1) is 0 Å². The highest BCUT2D eigenvalue weighted by atomic mass is 16.8. The fourth-order valence-corrected chi connectivity index (χ4v) is 1.54. The van der Waals surface area contributed by atoms with Gasteiger partial charge in [0, 0.05) is 26.2 Å². The standard InChI is InChI=1S/C11H23NO4/c1-4-15-10-11(2,16-10)5-6-14-8-9(13)7-12-3/h9-10,12-13H,4-8H2,1-3H3. The molecule has 1 heterocycles. The zero-order chi connectivity index (χ0) is 12.0. The van der Waals surface area contributed by atoms with Crippen LogP contribution in [0.2, 0.25) is 0 Å².